The van der Waals surface area contributed by atoms with Gasteiger partial charge in [-0.1, -0.05) is 6.08 Å². The Morgan fingerprint density at radius 2 is 2.43 bits per heavy atom. The first-order chi connectivity index (χ1) is 6.46. The third-order valence-electron chi connectivity index (χ3n) is 2.63. The molecule has 14 heavy (non-hydrogen) atoms. The Hall–Kier alpha value is -0.870. The molecule has 1 aliphatic heterocycles. The fourth-order valence-electron chi connectivity index (χ4n) is 1.38. The van der Waals surface area contributed by atoms with Crippen molar-refractivity contribution >= 4 is 5.97 Å². The fraction of sp³-hybridized carbons (Fsp3) is 0.700. The van der Waals surface area contributed by atoms with Gasteiger partial charge in [-0.2, -0.15) is 0 Å². The van der Waals surface area contributed by atoms with E-state index in [0.29, 0.717) is 12.8 Å². The van der Waals surface area contributed by atoms with Gasteiger partial charge in [-0.15, -0.1) is 6.58 Å². The highest BCUT2D eigenvalue weighted by molar-refractivity contribution is 5.71. The van der Waals surface area contributed by atoms with Gasteiger partial charge in [0, 0.05) is 0 Å². The highest BCUT2D eigenvalue weighted by Gasteiger charge is 2.38. The van der Waals surface area contributed by atoms with E-state index >= 15 is 0 Å². The van der Waals surface area contributed by atoms with Crippen LogP contribution < -0.4 is 0 Å². The molecule has 0 aliphatic carbocycles. The van der Waals surface area contributed by atoms with Crippen LogP contribution >= 0.6 is 0 Å². The molecule has 0 amide bonds. The van der Waals surface area contributed by atoms with Crippen LogP contribution in [0, 0.1) is 5.92 Å². The molecule has 0 bridgehead atoms. The summed E-state index contributed by atoms with van der Waals surface area (Å²) in [6.07, 6.45) is 2.24. The first-order valence-electron chi connectivity index (χ1n) is 4.66. The smallest absolute Gasteiger partial charge is 0.311 e. The summed E-state index contributed by atoms with van der Waals surface area (Å²) >= 11 is 0. The molecule has 2 N–H and O–H groups in total. The number of carboxylic acid groups (broad SMARTS) is 1. The average Bonchev–Trinajstić information content (AvgIpc) is 2.01. The van der Waals surface area contributed by atoms with Crippen LogP contribution in [0.1, 0.15) is 19.8 Å². The van der Waals surface area contributed by atoms with Crippen LogP contribution in [0.4, 0.5) is 0 Å². The number of aliphatic carboxylic acids is 1. The molecule has 0 saturated carbocycles. The summed E-state index contributed by atoms with van der Waals surface area (Å²) in [4.78, 5) is 10.6. The first kappa shape index (κ1) is 11.2. The molecule has 4 nitrogen and oxygen atoms in total. The summed E-state index contributed by atoms with van der Waals surface area (Å²) in [6, 6.07) is 0. The highest BCUT2D eigenvalue weighted by atomic mass is 16.5. The van der Waals surface area contributed by atoms with Crippen LogP contribution in [0.25, 0.3) is 0 Å². The van der Waals surface area contributed by atoms with Crippen molar-refractivity contribution < 1.29 is 19.7 Å². The fourth-order valence-corrected chi connectivity index (χ4v) is 1.38. The summed E-state index contributed by atoms with van der Waals surface area (Å²) in [5, 5.41) is 18.3. The lowest BCUT2D eigenvalue weighted by atomic mass is 9.89. The van der Waals surface area contributed by atoms with Crippen LogP contribution in [-0.4, -0.2) is 34.5 Å². The van der Waals surface area contributed by atoms with E-state index in [1.165, 1.54) is 6.08 Å². The topological polar surface area (TPSA) is 66.8 Å². The number of rotatable bonds is 5. The Morgan fingerprint density at radius 1 is 1.79 bits per heavy atom. The maximum absolute atomic E-state index is 10.6. The van der Waals surface area contributed by atoms with Crippen molar-refractivity contribution in [3.8, 4) is 0 Å². The normalized spacial score (nSPS) is 30.1. The average molecular weight is 200 g/mol. The predicted octanol–water partition coefficient (Wildman–Crippen LogP) is 0.803. The molecule has 1 aliphatic rings. The Bertz CT molecular complexity index is 234. The van der Waals surface area contributed by atoms with Crippen molar-refractivity contribution in [2.75, 3.05) is 6.61 Å². The zero-order chi connectivity index (χ0) is 10.8. The van der Waals surface area contributed by atoms with E-state index in [-0.39, 0.29) is 12.7 Å². The van der Waals surface area contributed by atoms with Gasteiger partial charge in [0.05, 0.1) is 18.3 Å². The Labute approximate surface area is 83.2 Å². The summed E-state index contributed by atoms with van der Waals surface area (Å²) in [5.41, 5.74) is -0.929. The second-order valence-electron chi connectivity index (χ2n) is 3.92. The van der Waals surface area contributed by atoms with E-state index < -0.39 is 17.5 Å². The predicted molar refractivity (Wildman–Crippen MR) is 50.9 cm³/mol. The van der Waals surface area contributed by atoms with Crippen molar-refractivity contribution in [1.82, 2.24) is 0 Å². The van der Waals surface area contributed by atoms with Crippen molar-refractivity contribution in [3.63, 3.8) is 0 Å². The second-order valence-corrected chi connectivity index (χ2v) is 3.92. The van der Waals surface area contributed by atoms with Gasteiger partial charge in [-0.3, -0.25) is 4.79 Å². The zero-order valence-electron chi connectivity index (χ0n) is 8.27. The lowest BCUT2D eigenvalue weighted by Gasteiger charge is -2.35. The van der Waals surface area contributed by atoms with Gasteiger partial charge in [0.1, 0.15) is 5.92 Å². The minimum Gasteiger partial charge on any atom is -0.481 e. The third kappa shape index (κ3) is 2.56. The molecule has 1 rings (SSSR count). The van der Waals surface area contributed by atoms with Crippen LogP contribution in [0.2, 0.25) is 0 Å². The largest absolute Gasteiger partial charge is 0.481 e. The van der Waals surface area contributed by atoms with Crippen LogP contribution in [0.3, 0.4) is 0 Å². The van der Waals surface area contributed by atoms with E-state index in [4.69, 9.17) is 9.84 Å². The number of ether oxygens (including phenoxy) is 1. The molecule has 80 valence electrons. The van der Waals surface area contributed by atoms with Crippen molar-refractivity contribution in [3.05, 3.63) is 12.7 Å². The zero-order valence-corrected chi connectivity index (χ0v) is 8.27. The summed E-state index contributed by atoms with van der Waals surface area (Å²) in [6.45, 7) is 5.44. The molecule has 0 radical (unpaired) electrons. The summed E-state index contributed by atoms with van der Waals surface area (Å²) in [5.74, 6) is -1.23. The number of hydrogen-bond donors (Lipinski definition) is 2. The van der Waals surface area contributed by atoms with Gasteiger partial charge in [-0.25, -0.2) is 0 Å². The van der Waals surface area contributed by atoms with E-state index in [1.54, 1.807) is 6.92 Å². The molecule has 4 heteroatoms. The van der Waals surface area contributed by atoms with Crippen LogP contribution in [0.15, 0.2) is 12.7 Å². The molecule has 0 spiro atoms. The molecule has 1 fully saturated rings. The standard InChI is InChI=1S/C10H16O4/c1-3-10(2,13)5-4-8-7(6-14-8)9(11)12/h3,7-8,13H,1,4-6H2,2H3,(H,11,12). The second kappa shape index (κ2) is 4.11. The minimum absolute atomic E-state index is 0.251. The van der Waals surface area contributed by atoms with Crippen LogP contribution in [-0.2, 0) is 9.53 Å². The molecule has 0 aromatic heterocycles. The van der Waals surface area contributed by atoms with Gasteiger partial charge in [0.15, 0.2) is 0 Å². The Morgan fingerprint density at radius 3 is 2.79 bits per heavy atom. The molecule has 1 saturated heterocycles. The highest BCUT2D eigenvalue weighted by Crippen LogP contribution is 2.27. The maximum Gasteiger partial charge on any atom is 0.311 e. The maximum atomic E-state index is 10.6. The quantitative estimate of drug-likeness (QED) is 0.644. The van der Waals surface area contributed by atoms with Crippen LogP contribution in [0.5, 0.6) is 0 Å². The summed E-state index contributed by atoms with van der Waals surface area (Å²) in [7, 11) is 0. The van der Waals surface area contributed by atoms with E-state index in [2.05, 4.69) is 6.58 Å². The molecular formula is C10H16O4. The monoisotopic (exact) mass is 200 g/mol. The Balaban J connectivity index is 2.32. The first-order valence-corrected chi connectivity index (χ1v) is 4.66. The Kier molecular flexibility index (Phi) is 3.29. The summed E-state index contributed by atoms with van der Waals surface area (Å²) < 4.78 is 5.12. The van der Waals surface area contributed by atoms with Crippen molar-refractivity contribution in [1.29, 1.82) is 0 Å². The van der Waals surface area contributed by atoms with E-state index in [0.717, 1.165) is 0 Å². The molecule has 1 heterocycles. The van der Waals surface area contributed by atoms with E-state index in [9.17, 15) is 9.90 Å². The number of carbonyl (C=O) groups is 1. The van der Waals surface area contributed by atoms with Gasteiger partial charge >= 0.3 is 5.97 Å². The molecule has 0 aromatic carbocycles. The van der Waals surface area contributed by atoms with Gasteiger partial charge in [-0.05, 0) is 19.8 Å². The SMILES string of the molecule is C=CC(C)(O)CCC1OCC1C(=O)O. The molecule has 0 aromatic rings. The van der Waals surface area contributed by atoms with Crippen molar-refractivity contribution in [2.24, 2.45) is 5.92 Å². The number of hydrogen-bond acceptors (Lipinski definition) is 3. The molecular weight excluding hydrogens is 184 g/mol. The van der Waals surface area contributed by atoms with Gasteiger partial charge in [0.2, 0.25) is 0 Å². The van der Waals surface area contributed by atoms with Crippen molar-refractivity contribution in [2.45, 2.75) is 31.5 Å². The molecule has 3 atom stereocenters. The lowest BCUT2D eigenvalue weighted by molar-refractivity contribution is -0.175. The van der Waals surface area contributed by atoms with E-state index in [1.807, 2.05) is 0 Å². The van der Waals surface area contributed by atoms with Gasteiger partial charge < -0.3 is 14.9 Å². The lowest BCUT2D eigenvalue weighted by Crippen LogP contribution is -2.45. The minimum atomic E-state index is -0.929. The third-order valence-corrected chi connectivity index (χ3v) is 2.63. The number of aliphatic hydroxyl groups is 1. The number of carboxylic acids is 1. The van der Waals surface area contributed by atoms with Gasteiger partial charge in [0.25, 0.3) is 0 Å². The molecule has 3 unspecified atom stereocenters.